The first-order valence-corrected chi connectivity index (χ1v) is 6.10. The number of carbonyl (C=O) groups is 1. The molecule has 1 aromatic rings. The molecular weight excluding hydrogens is 267 g/mol. The predicted octanol–water partition coefficient (Wildman–Crippen LogP) is 2.11. The van der Waals surface area contributed by atoms with Gasteiger partial charge in [-0.3, -0.25) is 4.79 Å². The molecule has 18 heavy (non-hydrogen) atoms. The van der Waals surface area contributed by atoms with E-state index in [2.05, 4.69) is 15.3 Å². The summed E-state index contributed by atoms with van der Waals surface area (Å²) in [7, 11) is 0. The topological polar surface area (TPSA) is 54.9 Å². The van der Waals surface area contributed by atoms with E-state index in [0.29, 0.717) is 0 Å². The first-order chi connectivity index (χ1) is 8.29. The highest BCUT2D eigenvalue weighted by Crippen LogP contribution is 2.28. The molecule has 0 spiro atoms. The van der Waals surface area contributed by atoms with Gasteiger partial charge in [0.05, 0.1) is 5.75 Å². The summed E-state index contributed by atoms with van der Waals surface area (Å²) in [5, 5.41) is 2.55. The van der Waals surface area contributed by atoms with Crippen molar-refractivity contribution in [1.82, 2.24) is 15.3 Å². The lowest BCUT2D eigenvalue weighted by Gasteiger charge is -2.08. The number of nitrogens with one attached hydrogen (secondary N) is 1. The molecule has 0 radical (unpaired) electrons. The highest BCUT2D eigenvalue weighted by atomic mass is 32.2. The van der Waals surface area contributed by atoms with Gasteiger partial charge in [-0.25, -0.2) is 9.97 Å². The number of alkyl halides is 3. The fourth-order valence-electron chi connectivity index (χ4n) is 1.06. The number of amides is 1. The molecule has 0 fully saturated rings. The quantitative estimate of drug-likeness (QED) is 0.677. The van der Waals surface area contributed by atoms with E-state index in [4.69, 9.17) is 0 Å². The van der Waals surface area contributed by atoms with E-state index in [-0.39, 0.29) is 22.9 Å². The van der Waals surface area contributed by atoms with E-state index in [9.17, 15) is 18.0 Å². The van der Waals surface area contributed by atoms with Crippen LogP contribution in [-0.4, -0.2) is 27.7 Å². The van der Waals surface area contributed by atoms with Gasteiger partial charge in [0.2, 0.25) is 5.91 Å². The molecule has 1 aromatic heterocycles. The Morgan fingerprint density at radius 3 is 2.72 bits per heavy atom. The number of carbonyl (C=O) groups excluding carboxylic acids is 1. The Morgan fingerprint density at radius 2 is 2.17 bits per heavy atom. The lowest BCUT2D eigenvalue weighted by atomic mass is 10.4. The van der Waals surface area contributed by atoms with Crippen molar-refractivity contribution in [2.75, 3.05) is 5.75 Å². The molecule has 0 aliphatic rings. The van der Waals surface area contributed by atoms with Crippen LogP contribution in [0.15, 0.2) is 17.4 Å². The Kier molecular flexibility index (Phi) is 4.94. The summed E-state index contributed by atoms with van der Waals surface area (Å²) >= 11 is 0.867. The van der Waals surface area contributed by atoms with Crippen LogP contribution in [0.4, 0.5) is 13.2 Å². The minimum atomic E-state index is -4.50. The van der Waals surface area contributed by atoms with Gasteiger partial charge in [-0.1, -0.05) is 11.8 Å². The van der Waals surface area contributed by atoms with Crippen molar-refractivity contribution in [1.29, 1.82) is 0 Å². The smallest absolute Gasteiger partial charge is 0.353 e. The molecule has 1 N–H and O–H groups in total. The molecule has 0 aliphatic carbocycles. The molecule has 4 nitrogen and oxygen atoms in total. The maximum atomic E-state index is 12.4. The Bertz CT molecular complexity index is 423. The minimum absolute atomic E-state index is 0.0134. The lowest BCUT2D eigenvalue weighted by Crippen LogP contribution is -2.31. The minimum Gasteiger partial charge on any atom is -0.353 e. The molecule has 8 heteroatoms. The maximum absolute atomic E-state index is 12.4. The highest BCUT2D eigenvalue weighted by molar-refractivity contribution is 7.99. The van der Waals surface area contributed by atoms with Crippen molar-refractivity contribution in [3.8, 4) is 0 Å². The van der Waals surface area contributed by atoms with Crippen molar-refractivity contribution in [2.24, 2.45) is 0 Å². The zero-order valence-corrected chi connectivity index (χ0v) is 10.6. The van der Waals surface area contributed by atoms with E-state index in [0.717, 1.165) is 24.0 Å². The van der Waals surface area contributed by atoms with Crippen LogP contribution in [-0.2, 0) is 11.0 Å². The van der Waals surface area contributed by atoms with Crippen LogP contribution in [0.3, 0.4) is 0 Å². The van der Waals surface area contributed by atoms with Crippen molar-refractivity contribution in [3.05, 3.63) is 18.0 Å². The predicted molar refractivity (Wildman–Crippen MR) is 61.0 cm³/mol. The van der Waals surface area contributed by atoms with Gasteiger partial charge in [0.1, 0.15) is 5.69 Å². The van der Waals surface area contributed by atoms with Gasteiger partial charge in [-0.15, -0.1) is 0 Å². The van der Waals surface area contributed by atoms with Crippen molar-refractivity contribution < 1.29 is 18.0 Å². The standard InChI is InChI=1S/C10H12F3N3OS/c1-6(2)15-8(17)5-18-9-14-4-3-7(16-9)10(11,12)13/h3-4,6H,5H2,1-2H3,(H,15,17). The van der Waals surface area contributed by atoms with Crippen LogP contribution in [0.1, 0.15) is 19.5 Å². The summed E-state index contributed by atoms with van der Waals surface area (Å²) in [4.78, 5) is 18.3. The fourth-order valence-corrected chi connectivity index (χ4v) is 1.70. The second-order valence-corrected chi connectivity index (χ2v) is 4.68. The number of hydrogen-bond donors (Lipinski definition) is 1. The first-order valence-electron chi connectivity index (χ1n) is 5.11. The molecule has 1 rings (SSSR count). The fraction of sp³-hybridized carbons (Fsp3) is 0.500. The van der Waals surface area contributed by atoms with Gasteiger partial charge in [-0.2, -0.15) is 13.2 Å². The Labute approximate surface area is 106 Å². The number of hydrogen-bond acceptors (Lipinski definition) is 4. The third-order valence-electron chi connectivity index (χ3n) is 1.71. The van der Waals surface area contributed by atoms with Crippen LogP contribution >= 0.6 is 11.8 Å². The molecule has 0 saturated carbocycles. The van der Waals surface area contributed by atoms with Crippen LogP contribution in [0.2, 0.25) is 0 Å². The molecule has 100 valence electrons. The van der Waals surface area contributed by atoms with Crippen LogP contribution in [0, 0.1) is 0 Å². The number of aromatic nitrogens is 2. The molecule has 0 aromatic carbocycles. The van der Waals surface area contributed by atoms with Crippen LogP contribution in [0.5, 0.6) is 0 Å². The average molecular weight is 279 g/mol. The molecule has 0 unspecified atom stereocenters. The summed E-state index contributed by atoms with van der Waals surface area (Å²) in [6, 6.07) is 0.777. The van der Waals surface area contributed by atoms with Gasteiger partial charge in [-0.05, 0) is 19.9 Å². The first kappa shape index (κ1) is 14.7. The van der Waals surface area contributed by atoms with E-state index in [1.807, 2.05) is 0 Å². The molecule has 1 heterocycles. The average Bonchev–Trinajstić information content (AvgIpc) is 2.25. The number of thioether (sulfide) groups is 1. The second kappa shape index (κ2) is 6.03. The summed E-state index contributed by atoms with van der Waals surface area (Å²) in [6.07, 6.45) is -3.48. The van der Waals surface area contributed by atoms with E-state index < -0.39 is 11.9 Å². The molecule has 0 aliphatic heterocycles. The number of halogens is 3. The van der Waals surface area contributed by atoms with Crippen molar-refractivity contribution >= 4 is 17.7 Å². The molecule has 1 amide bonds. The highest BCUT2D eigenvalue weighted by Gasteiger charge is 2.32. The van der Waals surface area contributed by atoms with Gasteiger partial charge >= 0.3 is 6.18 Å². The number of rotatable bonds is 4. The van der Waals surface area contributed by atoms with E-state index in [1.165, 1.54) is 0 Å². The molecule has 0 saturated heterocycles. The second-order valence-electron chi connectivity index (χ2n) is 3.73. The summed E-state index contributed by atoms with van der Waals surface area (Å²) in [6.45, 7) is 3.59. The van der Waals surface area contributed by atoms with Gasteiger partial charge in [0.15, 0.2) is 5.16 Å². The van der Waals surface area contributed by atoms with E-state index >= 15 is 0 Å². The number of nitrogens with zero attached hydrogens (tertiary/aromatic N) is 2. The zero-order valence-electron chi connectivity index (χ0n) is 9.78. The van der Waals surface area contributed by atoms with Crippen molar-refractivity contribution in [2.45, 2.75) is 31.2 Å². The SMILES string of the molecule is CC(C)NC(=O)CSc1nccc(C(F)(F)F)n1. The summed E-state index contributed by atoms with van der Waals surface area (Å²) in [5.41, 5.74) is -1.01. The van der Waals surface area contributed by atoms with Crippen LogP contribution in [0.25, 0.3) is 0 Å². The van der Waals surface area contributed by atoms with E-state index in [1.54, 1.807) is 13.8 Å². The Hall–Kier alpha value is -1.31. The van der Waals surface area contributed by atoms with Gasteiger partial charge in [0, 0.05) is 12.2 Å². The van der Waals surface area contributed by atoms with Crippen molar-refractivity contribution in [3.63, 3.8) is 0 Å². The monoisotopic (exact) mass is 279 g/mol. The third kappa shape index (κ3) is 4.91. The third-order valence-corrected chi connectivity index (χ3v) is 2.57. The molecule has 0 atom stereocenters. The maximum Gasteiger partial charge on any atom is 0.433 e. The summed E-state index contributed by atoms with van der Waals surface area (Å²) in [5.74, 6) is -0.282. The Morgan fingerprint density at radius 1 is 1.50 bits per heavy atom. The lowest BCUT2D eigenvalue weighted by molar-refractivity contribution is -0.141. The normalized spacial score (nSPS) is 11.7. The largest absolute Gasteiger partial charge is 0.433 e. The van der Waals surface area contributed by atoms with Gasteiger partial charge < -0.3 is 5.32 Å². The zero-order chi connectivity index (χ0) is 13.8. The molecule has 0 bridgehead atoms. The van der Waals surface area contributed by atoms with Gasteiger partial charge in [0.25, 0.3) is 0 Å². The summed E-state index contributed by atoms with van der Waals surface area (Å²) < 4.78 is 37.1. The molecular formula is C10H12F3N3OS. The Balaban J connectivity index is 2.61. The van der Waals surface area contributed by atoms with Crippen LogP contribution < -0.4 is 5.32 Å².